The monoisotopic (exact) mass is 303 g/mol. The third-order valence-corrected chi connectivity index (χ3v) is 7.02. The molecule has 1 saturated carbocycles. The van der Waals surface area contributed by atoms with Gasteiger partial charge in [0.15, 0.2) is 0 Å². The molecule has 19 heavy (non-hydrogen) atoms. The second kappa shape index (κ2) is 5.91. The Bertz CT molecular complexity index is 516. The highest BCUT2D eigenvalue weighted by atomic mass is 32.2. The van der Waals surface area contributed by atoms with Crippen molar-refractivity contribution in [1.29, 1.82) is 0 Å². The zero-order valence-corrected chi connectivity index (χ0v) is 12.8. The number of thiophene rings is 1. The smallest absolute Gasteiger partial charge is 0.250 e. The van der Waals surface area contributed by atoms with Crippen molar-refractivity contribution in [3.8, 4) is 0 Å². The van der Waals surface area contributed by atoms with E-state index in [9.17, 15) is 8.42 Å². The van der Waals surface area contributed by atoms with E-state index < -0.39 is 10.0 Å². The van der Waals surface area contributed by atoms with Crippen LogP contribution in [0, 0.1) is 5.41 Å². The van der Waals surface area contributed by atoms with E-state index in [1.807, 2.05) is 0 Å². The summed E-state index contributed by atoms with van der Waals surface area (Å²) in [6.45, 7) is 2.54. The minimum Gasteiger partial charge on any atom is -0.392 e. The van der Waals surface area contributed by atoms with Crippen LogP contribution in [0.3, 0.4) is 0 Å². The van der Waals surface area contributed by atoms with Crippen LogP contribution in [-0.2, 0) is 16.6 Å². The zero-order valence-electron chi connectivity index (χ0n) is 11.2. The Morgan fingerprint density at radius 3 is 2.63 bits per heavy atom. The number of nitrogens with one attached hydrogen (secondary N) is 1. The van der Waals surface area contributed by atoms with E-state index in [-0.39, 0.29) is 12.0 Å². The van der Waals surface area contributed by atoms with E-state index in [2.05, 4.69) is 11.6 Å². The lowest BCUT2D eigenvalue weighted by Crippen LogP contribution is -2.35. The summed E-state index contributed by atoms with van der Waals surface area (Å²) in [7, 11) is -3.43. The van der Waals surface area contributed by atoms with Gasteiger partial charge in [0.1, 0.15) is 4.21 Å². The first-order valence-corrected chi connectivity index (χ1v) is 9.05. The molecular formula is C13H21NO3S2. The number of hydrogen-bond donors (Lipinski definition) is 2. The van der Waals surface area contributed by atoms with Crippen molar-refractivity contribution in [3.63, 3.8) is 0 Å². The molecule has 0 radical (unpaired) electrons. The highest BCUT2D eigenvalue weighted by Gasteiger charge is 2.33. The molecule has 0 unspecified atom stereocenters. The molecule has 1 heterocycles. The predicted octanol–water partition coefficient (Wildman–Crippen LogP) is 2.49. The normalized spacial score (nSPS) is 18.8. The van der Waals surface area contributed by atoms with E-state index in [4.69, 9.17) is 5.11 Å². The Kier molecular flexibility index (Phi) is 4.66. The lowest BCUT2D eigenvalue weighted by Gasteiger charge is -2.27. The van der Waals surface area contributed by atoms with Crippen LogP contribution in [-0.4, -0.2) is 20.1 Å². The lowest BCUT2D eigenvalue weighted by atomic mass is 9.84. The van der Waals surface area contributed by atoms with Gasteiger partial charge in [-0.15, -0.1) is 11.3 Å². The Labute approximate surface area is 118 Å². The van der Waals surface area contributed by atoms with Crippen molar-refractivity contribution in [2.45, 2.75) is 49.8 Å². The Morgan fingerprint density at radius 1 is 1.42 bits per heavy atom. The Balaban J connectivity index is 2.05. The second-order valence-corrected chi connectivity index (χ2v) is 8.22. The SMILES string of the molecule is CCC1(CNS(=O)(=O)c2cc(CO)cs2)CCCC1. The number of rotatable bonds is 6. The summed E-state index contributed by atoms with van der Waals surface area (Å²) in [5.41, 5.74) is 0.792. The summed E-state index contributed by atoms with van der Waals surface area (Å²) in [5.74, 6) is 0. The van der Waals surface area contributed by atoms with Gasteiger partial charge < -0.3 is 5.11 Å². The van der Waals surface area contributed by atoms with Crippen LogP contribution < -0.4 is 4.72 Å². The third kappa shape index (κ3) is 3.37. The van der Waals surface area contributed by atoms with E-state index in [1.165, 1.54) is 12.8 Å². The van der Waals surface area contributed by atoms with Gasteiger partial charge in [-0.3, -0.25) is 0 Å². The van der Waals surface area contributed by atoms with Crippen molar-refractivity contribution in [2.24, 2.45) is 5.41 Å². The number of aliphatic hydroxyl groups excluding tert-OH is 1. The quantitative estimate of drug-likeness (QED) is 0.848. The molecule has 0 aliphatic heterocycles. The fourth-order valence-corrected chi connectivity index (χ4v) is 5.08. The molecule has 2 N–H and O–H groups in total. The summed E-state index contributed by atoms with van der Waals surface area (Å²) in [6, 6.07) is 1.54. The molecule has 1 aliphatic rings. The van der Waals surface area contributed by atoms with Gasteiger partial charge in [-0.1, -0.05) is 19.8 Å². The highest BCUT2D eigenvalue weighted by Crippen LogP contribution is 2.40. The predicted molar refractivity (Wildman–Crippen MR) is 76.6 cm³/mol. The maximum absolute atomic E-state index is 12.2. The van der Waals surface area contributed by atoms with Crippen LogP contribution in [0.15, 0.2) is 15.7 Å². The first-order valence-electron chi connectivity index (χ1n) is 6.69. The molecule has 0 spiro atoms. The standard InChI is InChI=1S/C13H21NO3S2/c1-2-13(5-3-4-6-13)10-14-19(16,17)12-7-11(8-15)9-18-12/h7,9,14-15H,2-6,8,10H2,1H3. The van der Waals surface area contributed by atoms with Gasteiger partial charge in [0, 0.05) is 6.54 Å². The number of sulfonamides is 1. The molecule has 108 valence electrons. The maximum atomic E-state index is 12.2. The van der Waals surface area contributed by atoms with Gasteiger partial charge in [-0.05, 0) is 41.7 Å². The van der Waals surface area contributed by atoms with Crippen LogP contribution in [0.4, 0.5) is 0 Å². The molecule has 4 nitrogen and oxygen atoms in total. The maximum Gasteiger partial charge on any atom is 0.250 e. The van der Waals surface area contributed by atoms with E-state index in [0.29, 0.717) is 16.3 Å². The molecule has 0 amide bonds. The molecule has 0 saturated heterocycles. The Morgan fingerprint density at radius 2 is 2.11 bits per heavy atom. The van der Waals surface area contributed by atoms with Crippen molar-refractivity contribution in [3.05, 3.63) is 17.0 Å². The van der Waals surface area contributed by atoms with Gasteiger partial charge in [-0.25, -0.2) is 13.1 Å². The molecule has 2 rings (SSSR count). The number of aliphatic hydroxyl groups is 1. The topological polar surface area (TPSA) is 66.4 Å². The minimum atomic E-state index is -3.43. The zero-order chi connectivity index (χ0) is 13.9. The highest BCUT2D eigenvalue weighted by molar-refractivity contribution is 7.91. The minimum absolute atomic E-state index is 0.120. The van der Waals surface area contributed by atoms with Crippen LogP contribution in [0.2, 0.25) is 0 Å². The van der Waals surface area contributed by atoms with E-state index >= 15 is 0 Å². The summed E-state index contributed by atoms with van der Waals surface area (Å²) < 4.78 is 27.4. The van der Waals surface area contributed by atoms with Gasteiger partial charge in [0.2, 0.25) is 10.0 Å². The third-order valence-electron chi connectivity index (χ3n) is 4.13. The molecule has 1 aromatic heterocycles. The lowest BCUT2D eigenvalue weighted by molar-refractivity contribution is 0.282. The average Bonchev–Trinajstić information content (AvgIpc) is 3.06. The van der Waals surface area contributed by atoms with Gasteiger partial charge >= 0.3 is 0 Å². The molecule has 0 atom stereocenters. The van der Waals surface area contributed by atoms with Gasteiger partial charge in [0.05, 0.1) is 6.61 Å². The first-order chi connectivity index (χ1) is 9.01. The average molecular weight is 303 g/mol. The summed E-state index contributed by atoms with van der Waals surface area (Å²) in [4.78, 5) is 0. The second-order valence-electron chi connectivity index (χ2n) is 5.32. The largest absolute Gasteiger partial charge is 0.392 e. The van der Waals surface area contributed by atoms with Crippen molar-refractivity contribution < 1.29 is 13.5 Å². The van der Waals surface area contributed by atoms with Crippen molar-refractivity contribution in [2.75, 3.05) is 6.54 Å². The van der Waals surface area contributed by atoms with Gasteiger partial charge in [-0.2, -0.15) is 0 Å². The fourth-order valence-electron chi connectivity index (χ4n) is 2.68. The fraction of sp³-hybridized carbons (Fsp3) is 0.692. The van der Waals surface area contributed by atoms with Crippen LogP contribution in [0.25, 0.3) is 0 Å². The van der Waals surface area contributed by atoms with Crippen molar-refractivity contribution in [1.82, 2.24) is 4.72 Å². The molecule has 0 aromatic carbocycles. The molecule has 1 fully saturated rings. The van der Waals surface area contributed by atoms with Crippen molar-refractivity contribution >= 4 is 21.4 Å². The van der Waals surface area contributed by atoms with Crippen LogP contribution in [0.1, 0.15) is 44.6 Å². The van der Waals surface area contributed by atoms with Gasteiger partial charge in [0.25, 0.3) is 0 Å². The summed E-state index contributed by atoms with van der Waals surface area (Å²) >= 11 is 1.16. The first kappa shape index (κ1) is 15.0. The molecule has 1 aliphatic carbocycles. The molecular weight excluding hydrogens is 282 g/mol. The Hall–Kier alpha value is -0.430. The van der Waals surface area contributed by atoms with Crippen LogP contribution in [0.5, 0.6) is 0 Å². The molecule has 1 aromatic rings. The van der Waals surface area contributed by atoms with E-state index in [1.54, 1.807) is 11.4 Å². The van der Waals surface area contributed by atoms with Crippen LogP contribution >= 0.6 is 11.3 Å². The van der Waals surface area contributed by atoms with E-state index in [0.717, 1.165) is 30.6 Å². The molecule has 6 heteroatoms. The number of hydrogen-bond acceptors (Lipinski definition) is 4. The summed E-state index contributed by atoms with van der Waals surface area (Å²) in [6.07, 6.45) is 5.63. The molecule has 0 bridgehead atoms. The summed E-state index contributed by atoms with van der Waals surface area (Å²) in [5, 5.41) is 10.7.